The minimum Gasteiger partial charge on any atom is -0.434 e. The van der Waals surface area contributed by atoms with Crippen LogP contribution in [0.15, 0.2) is 40.9 Å². The molecule has 2 aromatic carbocycles. The van der Waals surface area contributed by atoms with Crippen molar-refractivity contribution in [3.05, 3.63) is 63.6 Å². The van der Waals surface area contributed by atoms with Gasteiger partial charge in [-0.15, -0.1) is 0 Å². The highest BCUT2D eigenvalue weighted by molar-refractivity contribution is 9.10. The topological polar surface area (TPSA) is 29.5 Å². The van der Waals surface area contributed by atoms with Gasteiger partial charge in [-0.3, -0.25) is 0 Å². The van der Waals surface area contributed by atoms with E-state index in [0.717, 1.165) is 12.1 Å². The fourth-order valence-corrected chi connectivity index (χ4v) is 2.14. The Morgan fingerprint density at radius 1 is 1.00 bits per heavy atom. The second-order valence-corrected chi connectivity index (χ2v) is 4.96. The predicted octanol–water partition coefficient (Wildman–Crippen LogP) is 4.41. The van der Waals surface area contributed by atoms with E-state index >= 15 is 0 Å². The second-order valence-electron chi connectivity index (χ2n) is 4.11. The van der Waals surface area contributed by atoms with Crippen LogP contribution in [0.25, 0.3) is 0 Å². The summed E-state index contributed by atoms with van der Waals surface area (Å²) in [5.74, 6) is -1.96. The zero-order valence-electron chi connectivity index (χ0n) is 10.4. The number of para-hydroxylation sites is 1. The minimum atomic E-state index is -3.09. The number of benzene rings is 2. The maximum absolute atomic E-state index is 13.8. The van der Waals surface area contributed by atoms with Gasteiger partial charge in [-0.2, -0.15) is 8.78 Å². The maximum atomic E-state index is 13.8. The molecular formula is C14H9BrF4O2. The largest absolute Gasteiger partial charge is 0.434 e. The Bertz CT molecular complexity index is 649. The number of hydrogen-bond acceptors (Lipinski definition) is 2. The van der Waals surface area contributed by atoms with Crippen molar-refractivity contribution in [2.24, 2.45) is 0 Å². The number of halogens is 5. The summed E-state index contributed by atoms with van der Waals surface area (Å²) in [5.41, 5.74) is -0.459. The van der Waals surface area contributed by atoms with Crippen LogP contribution in [0.1, 0.15) is 17.2 Å². The Morgan fingerprint density at radius 3 is 2.33 bits per heavy atom. The molecule has 2 rings (SSSR count). The monoisotopic (exact) mass is 364 g/mol. The molecule has 112 valence electrons. The van der Waals surface area contributed by atoms with Crippen molar-refractivity contribution in [1.82, 2.24) is 0 Å². The quantitative estimate of drug-likeness (QED) is 0.643. The zero-order chi connectivity index (χ0) is 15.6. The average molecular weight is 365 g/mol. The van der Waals surface area contributed by atoms with E-state index in [2.05, 4.69) is 20.7 Å². The van der Waals surface area contributed by atoms with Crippen LogP contribution >= 0.6 is 15.9 Å². The Labute approximate surface area is 126 Å². The van der Waals surface area contributed by atoms with Crippen molar-refractivity contribution in [3.63, 3.8) is 0 Å². The summed E-state index contributed by atoms with van der Waals surface area (Å²) in [4.78, 5) is 0. The van der Waals surface area contributed by atoms with Crippen molar-refractivity contribution in [3.8, 4) is 5.75 Å². The van der Waals surface area contributed by atoms with Gasteiger partial charge in [-0.05, 0) is 34.1 Å². The molecule has 1 N–H and O–H groups in total. The summed E-state index contributed by atoms with van der Waals surface area (Å²) in [5, 5.41) is 10.1. The summed E-state index contributed by atoms with van der Waals surface area (Å²) in [6, 6.07) is 7.03. The first-order valence-electron chi connectivity index (χ1n) is 5.76. The van der Waals surface area contributed by atoms with Crippen LogP contribution in [0.4, 0.5) is 17.6 Å². The SMILES string of the molecule is OC(c1cc(F)c(Br)cc1F)c1ccccc1OC(F)F. The van der Waals surface area contributed by atoms with E-state index in [9.17, 15) is 22.7 Å². The van der Waals surface area contributed by atoms with Crippen LogP contribution in [0.5, 0.6) is 5.75 Å². The number of hydrogen-bond donors (Lipinski definition) is 1. The lowest BCUT2D eigenvalue weighted by Crippen LogP contribution is -2.09. The molecule has 0 aliphatic rings. The summed E-state index contributed by atoms with van der Waals surface area (Å²) < 4.78 is 56.1. The highest BCUT2D eigenvalue weighted by atomic mass is 79.9. The molecule has 1 atom stereocenters. The molecule has 0 bridgehead atoms. The van der Waals surface area contributed by atoms with Gasteiger partial charge in [0.15, 0.2) is 0 Å². The lowest BCUT2D eigenvalue weighted by Gasteiger charge is -2.17. The van der Waals surface area contributed by atoms with Crippen molar-refractivity contribution >= 4 is 15.9 Å². The third kappa shape index (κ3) is 3.54. The molecule has 21 heavy (non-hydrogen) atoms. The normalized spacial score (nSPS) is 12.5. The highest BCUT2D eigenvalue weighted by Gasteiger charge is 2.22. The molecule has 0 heterocycles. The third-order valence-electron chi connectivity index (χ3n) is 2.76. The van der Waals surface area contributed by atoms with Gasteiger partial charge in [0.05, 0.1) is 4.47 Å². The van der Waals surface area contributed by atoms with Crippen molar-refractivity contribution in [2.75, 3.05) is 0 Å². The number of aliphatic hydroxyl groups is 1. The zero-order valence-corrected chi connectivity index (χ0v) is 12.0. The molecule has 7 heteroatoms. The molecule has 0 radical (unpaired) electrons. The molecule has 0 aliphatic carbocycles. The molecule has 2 nitrogen and oxygen atoms in total. The van der Waals surface area contributed by atoms with Crippen LogP contribution in [0.3, 0.4) is 0 Å². The lowest BCUT2D eigenvalue weighted by molar-refractivity contribution is -0.0512. The fraction of sp³-hybridized carbons (Fsp3) is 0.143. The molecule has 2 aromatic rings. The number of rotatable bonds is 4. The van der Waals surface area contributed by atoms with Gasteiger partial charge in [0.2, 0.25) is 0 Å². The molecule has 0 spiro atoms. The Morgan fingerprint density at radius 2 is 1.67 bits per heavy atom. The molecule has 0 aromatic heterocycles. The van der Waals surface area contributed by atoms with Crippen LogP contribution in [-0.2, 0) is 0 Å². The molecule has 0 saturated heterocycles. The van der Waals surface area contributed by atoms with Crippen LogP contribution in [0, 0.1) is 11.6 Å². The van der Waals surface area contributed by atoms with E-state index in [1.165, 1.54) is 24.3 Å². The number of aliphatic hydroxyl groups excluding tert-OH is 1. The van der Waals surface area contributed by atoms with Gasteiger partial charge >= 0.3 is 6.61 Å². The highest BCUT2D eigenvalue weighted by Crippen LogP contribution is 2.33. The summed E-state index contributed by atoms with van der Waals surface area (Å²) in [6.45, 7) is -3.09. The van der Waals surface area contributed by atoms with Crippen LogP contribution in [0.2, 0.25) is 0 Å². The van der Waals surface area contributed by atoms with Crippen molar-refractivity contribution in [1.29, 1.82) is 0 Å². The molecule has 1 unspecified atom stereocenters. The number of ether oxygens (including phenoxy) is 1. The van der Waals surface area contributed by atoms with Gasteiger partial charge in [0.25, 0.3) is 0 Å². The fourth-order valence-electron chi connectivity index (χ4n) is 1.82. The molecule has 0 amide bonds. The van der Waals surface area contributed by atoms with E-state index in [0.29, 0.717) is 0 Å². The molecule has 0 aliphatic heterocycles. The van der Waals surface area contributed by atoms with Crippen LogP contribution in [-0.4, -0.2) is 11.7 Å². The molecule has 0 saturated carbocycles. The van der Waals surface area contributed by atoms with E-state index in [-0.39, 0.29) is 21.3 Å². The predicted molar refractivity (Wildman–Crippen MR) is 71.2 cm³/mol. The smallest absolute Gasteiger partial charge is 0.387 e. The van der Waals surface area contributed by atoms with Gasteiger partial charge < -0.3 is 9.84 Å². The number of alkyl halides is 2. The van der Waals surface area contributed by atoms with Crippen molar-refractivity contribution < 1.29 is 27.4 Å². The van der Waals surface area contributed by atoms with Gasteiger partial charge in [-0.25, -0.2) is 8.78 Å². The summed E-state index contributed by atoms with van der Waals surface area (Å²) >= 11 is 2.81. The first-order chi connectivity index (χ1) is 9.90. The van der Waals surface area contributed by atoms with Gasteiger partial charge in [-0.1, -0.05) is 18.2 Å². The van der Waals surface area contributed by atoms with E-state index in [4.69, 9.17) is 0 Å². The summed E-state index contributed by atoms with van der Waals surface area (Å²) in [7, 11) is 0. The molecule has 0 fully saturated rings. The third-order valence-corrected chi connectivity index (χ3v) is 3.37. The minimum absolute atomic E-state index is 0.0848. The first-order valence-corrected chi connectivity index (χ1v) is 6.55. The van der Waals surface area contributed by atoms with Gasteiger partial charge in [0, 0.05) is 11.1 Å². The van der Waals surface area contributed by atoms with E-state index < -0.39 is 24.3 Å². The van der Waals surface area contributed by atoms with E-state index in [1.807, 2.05) is 0 Å². The van der Waals surface area contributed by atoms with Crippen LogP contribution < -0.4 is 4.74 Å². The molecular weight excluding hydrogens is 356 g/mol. The maximum Gasteiger partial charge on any atom is 0.387 e. The Hall–Kier alpha value is -1.60. The van der Waals surface area contributed by atoms with E-state index in [1.54, 1.807) is 0 Å². The second kappa shape index (κ2) is 6.44. The first kappa shape index (κ1) is 15.8. The Balaban J connectivity index is 2.45. The van der Waals surface area contributed by atoms with Crippen molar-refractivity contribution in [2.45, 2.75) is 12.7 Å². The Kier molecular flexibility index (Phi) is 4.84. The van der Waals surface area contributed by atoms with Gasteiger partial charge in [0.1, 0.15) is 23.5 Å². The standard InChI is InChI=1S/C14H9BrF4O2/c15-9-6-10(16)8(5-11(9)17)13(20)7-3-1-2-4-12(7)21-14(18)19/h1-6,13-14,20H. The lowest BCUT2D eigenvalue weighted by atomic mass is 10.00. The summed E-state index contributed by atoms with van der Waals surface area (Å²) in [6.07, 6.45) is -1.64. The average Bonchev–Trinajstić information content (AvgIpc) is 2.42.